The summed E-state index contributed by atoms with van der Waals surface area (Å²) in [5, 5.41) is 15.2. The molecule has 0 aliphatic heterocycles. The molecule has 1 amide bonds. The molecule has 0 radical (unpaired) electrons. The molecule has 0 aliphatic rings. The molecule has 0 bridgehead atoms. The molecule has 0 atom stereocenters. The fourth-order valence-corrected chi connectivity index (χ4v) is 3.62. The van der Waals surface area contributed by atoms with Gasteiger partial charge in [-0.05, 0) is 59.2 Å². The molecule has 0 fully saturated rings. The first-order valence-electron chi connectivity index (χ1n) is 10.4. The number of amides is 1. The lowest BCUT2D eigenvalue weighted by atomic mass is 10.1. The summed E-state index contributed by atoms with van der Waals surface area (Å²) < 4.78 is 6.05. The number of anilines is 1. The molecular formula is C28H21ClN2O2. The van der Waals surface area contributed by atoms with Crippen molar-refractivity contribution in [3.63, 3.8) is 0 Å². The summed E-state index contributed by atoms with van der Waals surface area (Å²) in [6, 6.07) is 28.9. The van der Waals surface area contributed by atoms with Crippen LogP contribution in [0.1, 0.15) is 16.7 Å². The summed E-state index contributed by atoms with van der Waals surface area (Å²) >= 11 is 6.03. The molecule has 0 aliphatic carbocycles. The molecule has 0 aromatic heterocycles. The van der Waals surface area contributed by atoms with Gasteiger partial charge >= 0.3 is 0 Å². The number of aryl methyl sites for hydroxylation is 1. The van der Waals surface area contributed by atoms with Crippen LogP contribution in [0.25, 0.3) is 16.8 Å². The molecule has 0 spiro atoms. The molecule has 0 unspecified atom stereocenters. The van der Waals surface area contributed by atoms with Gasteiger partial charge in [0.2, 0.25) is 0 Å². The number of halogens is 1. The van der Waals surface area contributed by atoms with Crippen LogP contribution >= 0.6 is 11.6 Å². The fraction of sp³-hybridized carbons (Fsp3) is 0.0714. The first kappa shape index (κ1) is 22.1. The number of hydrogen-bond donors (Lipinski definition) is 1. The SMILES string of the molecule is Cc1ccc(Cl)cc1NC(=O)/C(C#N)=C/c1ccccc1OCc1ccc2ccccc2c1. The molecule has 33 heavy (non-hydrogen) atoms. The van der Waals surface area contributed by atoms with Crippen LogP contribution in [0.5, 0.6) is 5.75 Å². The third-order valence-corrected chi connectivity index (χ3v) is 5.48. The summed E-state index contributed by atoms with van der Waals surface area (Å²) in [7, 11) is 0. The lowest BCUT2D eigenvalue weighted by molar-refractivity contribution is -0.112. The van der Waals surface area contributed by atoms with Crippen LogP contribution in [0, 0.1) is 18.3 Å². The van der Waals surface area contributed by atoms with Gasteiger partial charge in [-0.25, -0.2) is 0 Å². The third kappa shape index (κ3) is 5.41. The van der Waals surface area contributed by atoms with Crippen LogP contribution < -0.4 is 10.1 Å². The minimum Gasteiger partial charge on any atom is -0.488 e. The van der Waals surface area contributed by atoms with E-state index in [1.165, 1.54) is 11.5 Å². The summed E-state index contributed by atoms with van der Waals surface area (Å²) in [5.41, 5.74) is 3.06. The van der Waals surface area contributed by atoms with Gasteiger partial charge in [-0.15, -0.1) is 0 Å². The van der Waals surface area contributed by atoms with Crippen molar-refractivity contribution in [2.75, 3.05) is 5.32 Å². The second kappa shape index (κ2) is 10.0. The minimum atomic E-state index is -0.507. The van der Waals surface area contributed by atoms with E-state index in [9.17, 15) is 10.1 Å². The van der Waals surface area contributed by atoms with E-state index in [0.717, 1.165) is 16.5 Å². The Hall–Kier alpha value is -4.07. The predicted molar refractivity (Wildman–Crippen MR) is 133 cm³/mol. The van der Waals surface area contributed by atoms with Gasteiger partial charge in [0.25, 0.3) is 5.91 Å². The third-order valence-electron chi connectivity index (χ3n) is 5.24. The zero-order valence-corrected chi connectivity index (χ0v) is 18.8. The summed E-state index contributed by atoms with van der Waals surface area (Å²) in [6.07, 6.45) is 1.53. The van der Waals surface area contributed by atoms with Crippen LogP contribution in [0.15, 0.2) is 90.5 Å². The average Bonchev–Trinajstić information content (AvgIpc) is 2.83. The number of carbonyl (C=O) groups excluding carboxylic acids is 1. The maximum Gasteiger partial charge on any atom is 0.266 e. The largest absolute Gasteiger partial charge is 0.488 e. The molecule has 4 aromatic rings. The van der Waals surface area contributed by atoms with Crippen LogP contribution in [-0.2, 0) is 11.4 Å². The molecule has 0 heterocycles. The number of fused-ring (bicyclic) bond motifs is 1. The van der Waals surface area contributed by atoms with E-state index in [2.05, 4.69) is 29.6 Å². The van der Waals surface area contributed by atoms with Gasteiger partial charge in [0, 0.05) is 16.3 Å². The van der Waals surface area contributed by atoms with Crippen molar-refractivity contribution in [2.24, 2.45) is 0 Å². The van der Waals surface area contributed by atoms with Gasteiger partial charge in [0.05, 0.1) is 0 Å². The molecule has 4 rings (SSSR count). The van der Waals surface area contributed by atoms with Crippen molar-refractivity contribution in [1.82, 2.24) is 0 Å². The van der Waals surface area contributed by atoms with Gasteiger partial charge in [-0.2, -0.15) is 5.26 Å². The quantitative estimate of drug-likeness (QED) is 0.255. The highest BCUT2D eigenvalue weighted by Crippen LogP contribution is 2.25. The lowest BCUT2D eigenvalue weighted by Gasteiger charge is -2.11. The molecule has 5 heteroatoms. The van der Waals surface area contributed by atoms with Crippen molar-refractivity contribution >= 4 is 40.0 Å². The van der Waals surface area contributed by atoms with E-state index in [4.69, 9.17) is 16.3 Å². The van der Waals surface area contributed by atoms with Crippen LogP contribution in [0.3, 0.4) is 0 Å². The van der Waals surface area contributed by atoms with Crippen LogP contribution in [0.2, 0.25) is 5.02 Å². The number of benzene rings is 4. The van der Waals surface area contributed by atoms with Crippen LogP contribution in [-0.4, -0.2) is 5.91 Å². The Kier molecular flexibility index (Phi) is 6.73. The van der Waals surface area contributed by atoms with E-state index in [0.29, 0.717) is 28.6 Å². The Labute approximate surface area is 197 Å². The number of nitrogens with zero attached hydrogens (tertiary/aromatic N) is 1. The lowest BCUT2D eigenvalue weighted by Crippen LogP contribution is -2.14. The first-order valence-corrected chi connectivity index (χ1v) is 10.8. The number of carbonyl (C=O) groups is 1. The zero-order valence-electron chi connectivity index (χ0n) is 18.0. The number of ether oxygens (including phenoxy) is 1. The Bertz CT molecular complexity index is 1400. The smallest absolute Gasteiger partial charge is 0.266 e. The van der Waals surface area contributed by atoms with E-state index in [1.807, 2.05) is 61.5 Å². The normalized spacial score (nSPS) is 11.1. The summed E-state index contributed by atoms with van der Waals surface area (Å²) in [5.74, 6) is 0.0809. The highest BCUT2D eigenvalue weighted by molar-refractivity contribution is 6.31. The molecule has 4 nitrogen and oxygen atoms in total. The highest BCUT2D eigenvalue weighted by atomic mass is 35.5. The number of para-hydroxylation sites is 1. The number of nitrogens with one attached hydrogen (secondary N) is 1. The van der Waals surface area contributed by atoms with Crippen molar-refractivity contribution in [1.29, 1.82) is 5.26 Å². The number of hydrogen-bond acceptors (Lipinski definition) is 3. The highest BCUT2D eigenvalue weighted by Gasteiger charge is 2.13. The Morgan fingerprint density at radius 3 is 2.58 bits per heavy atom. The van der Waals surface area contributed by atoms with E-state index >= 15 is 0 Å². The van der Waals surface area contributed by atoms with Gasteiger partial charge < -0.3 is 10.1 Å². The molecular weight excluding hydrogens is 432 g/mol. The van der Waals surface area contributed by atoms with E-state index in [-0.39, 0.29) is 5.57 Å². The Morgan fingerprint density at radius 1 is 1.00 bits per heavy atom. The number of nitriles is 1. The first-order chi connectivity index (χ1) is 16.0. The molecule has 4 aromatic carbocycles. The second-order valence-electron chi connectivity index (χ2n) is 7.59. The maximum absolute atomic E-state index is 12.7. The van der Waals surface area contributed by atoms with Crippen molar-refractivity contribution < 1.29 is 9.53 Å². The topological polar surface area (TPSA) is 62.1 Å². The minimum absolute atomic E-state index is 0.0314. The predicted octanol–water partition coefficient (Wildman–Crippen LogP) is 6.93. The molecule has 1 N–H and O–H groups in total. The second-order valence-corrected chi connectivity index (χ2v) is 8.03. The van der Waals surface area contributed by atoms with Crippen LogP contribution in [0.4, 0.5) is 5.69 Å². The maximum atomic E-state index is 12.7. The average molecular weight is 453 g/mol. The van der Waals surface area contributed by atoms with Gasteiger partial charge in [-0.1, -0.05) is 72.3 Å². The van der Waals surface area contributed by atoms with Crippen molar-refractivity contribution in [2.45, 2.75) is 13.5 Å². The van der Waals surface area contributed by atoms with Gasteiger partial charge in [0.15, 0.2) is 0 Å². The number of rotatable bonds is 6. The van der Waals surface area contributed by atoms with Crippen molar-refractivity contribution in [3.05, 3.63) is 112 Å². The monoisotopic (exact) mass is 452 g/mol. The Balaban J connectivity index is 1.54. The fourth-order valence-electron chi connectivity index (χ4n) is 3.44. The Morgan fingerprint density at radius 2 is 1.76 bits per heavy atom. The zero-order chi connectivity index (χ0) is 23.2. The standard InChI is InChI=1S/C28H21ClN2O2/c1-19-10-13-25(29)16-26(19)31-28(32)24(17-30)15-23-8-4-5-9-27(23)33-18-20-11-12-21-6-2-3-7-22(21)14-20/h2-16H,18H2,1H3,(H,31,32)/b24-15+. The molecule has 162 valence electrons. The summed E-state index contributed by atoms with van der Waals surface area (Å²) in [4.78, 5) is 12.7. The van der Waals surface area contributed by atoms with Gasteiger partial charge in [0.1, 0.15) is 24.0 Å². The van der Waals surface area contributed by atoms with Gasteiger partial charge in [-0.3, -0.25) is 4.79 Å². The van der Waals surface area contributed by atoms with E-state index < -0.39 is 5.91 Å². The van der Waals surface area contributed by atoms with E-state index in [1.54, 1.807) is 12.1 Å². The summed E-state index contributed by atoms with van der Waals surface area (Å²) in [6.45, 7) is 2.23. The van der Waals surface area contributed by atoms with Crippen molar-refractivity contribution in [3.8, 4) is 11.8 Å². The molecule has 0 saturated carbocycles. The molecule has 0 saturated heterocycles.